The van der Waals surface area contributed by atoms with E-state index in [0.29, 0.717) is 24.9 Å². The minimum atomic E-state index is 0.533. The maximum absolute atomic E-state index is 5.23. The van der Waals surface area contributed by atoms with Crippen LogP contribution in [0.25, 0.3) is 11.4 Å². The fourth-order valence-electron chi connectivity index (χ4n) is 1.83. The summed E-state index contributed by atoms with van der Waals surface area (Å²) in [4.78, 5) is 4.35. The van der Waals surface area contributed by atoms with Gasteiger partial charge in [0.15, 0.2) is 0 Å². The molecule has 0 unspecified atom stereocenters. The molecule has 20 heavy (non-hydrogen) atoms. The van der Waals surface area contributed by atoms with Crippen molar-refractivity contribution in [2.75, 3.05) is 27.4 Å². The highest BCUT2D eigenvalue weighted by molar-refractivity contribution is 5.58. The number of aryl methyl sites for hydroxylation is 1. The van der Waals surface area contributed by atoms with Crippen molar-refractivity contribution >= 4 is 0 Å². The van der Waals surface area contributed by atoms with Crippen LogP contribution in [-0.4, -0.2) is 37.5 Å². The lowest BCUT2D eigenvalue weighted by atomic mass is 10.1. The summed E-state index contributed by atoms with van der Waals surface area (Å²) in [6, 6.07) is 5.79. The molecule has 0 saturated heterocycles. The molecule has 1 aromatic heterocycles. The molecule has 0 fully saturated rings. The van der Waals surface area contributed by atoms with Crippen LogP contribution in [0, 0.1) is 6.92 Å². The monoisotopic (exact) mass is 277 g/mol. The Bertz CT molecular complexity index is 554. The SMILES string of the molecule is COCCNCc1nc(-c2ccc(OC)c(C)c2)no1. The van der Waals surface area contributed by atoms with Crippen molar-refractivity contribution < 1.29 is 14.0 Å². The van der Waals surface area contributed by atoms with Gasteiger partial charge in [0, 0.05) is 19.2 Å². The van der Waals surface area contributed by atoms with Crippen LogP contribution < -0.4 is 10.1 Å². The maximum Gasteiger partial charge on any atom is 0.240 e. The average Bonchev–Trinajstić information content (AvgIpc) is 2.92. The molecule has 0 aliphatic heterocycles. The van der Waals surface area contributed by atoms with E-state index >= 15 is 0 Å². The predicted molar refractivity (Wildman–Crippen MR) is 74.6 cm³/mol. The van der Waals surface area contributed by atoms with E-state index in [0.717, 1.165) is 23.4 Å². The van der Waals surface area contributed by atoms with Gasteiger partial charge in [-0.15, -0.1) is 0 Å². The van der Waals surface area contributed by atoms with Crippen LogP contribution in [0.3, 0.4) is 0 Å². The quantitative estimate of drug-likeness (QED) is 0.778. The summed E-state index contributed by atoms with van der Waals surface area (Å²) in [6.07, 6.45) is 0. The molecule has 0 aliphatic carbocycles. The molecule has 0 atom stereocenters. The van der Waals surface area contributed by atoms with Crippen LogP contribution in [-0.2, 0) is 11.3 Å². The third kappa shape index (κ3) is 3.55. The van der Waals surface area contributed by atoms with Gasteiger partial charge in [0.25, 0.3) is 0 Å². The Morgan fingerprint density at radius 2 is 2.15 bits per heavy atom. The molecule has 0 amide bonds. The largest absolute Gasteiger partial charge is 0.496 e. The first-order valence-electron chi connectivity index (χ1n) is 6.42. The topological polar surface area (TPSA) is 69.4 Å². The number of nitrogens with one attached hydrogen (secondary N) is 1. The second-order valence-electron chi connectivity index (χ2n) is 4.37. The minimum absolute atomic E-state index is 0.533. The summed E-state index contributed by atoms with van der Waals surface area (Å²) in [5.74, 6) is 1.99. The maximum atomic E-state index is 5.23. The van der Waals surface area contributed by atoms with Gasteiger partial charge in [-0.25, -0.2) is 0 Å². The molecule has 0 radical (unpaired) electrons. The Labute approximate surface area is 118 Å². The molecule has 0 saturated carbocycles. The molecule has 6 heteroatoms. The number of ether oxygens (including phenoxy) is 2. The van der Waals surface area contributed by atoms with E-state index in [2.05, 4.69) is 15.5 Å². The molecule has 108 valence electrons. The predicted octanol–water partition coefficient (Wildman–Crippen LogP) is 1.79. The standard InChI is InChI=1S/C14H19N3O3/c1-10-8-11(4-5-12(10)19-3)14-16-13(20-17-14)9-15-6-7-18-2/h4-5,8,15H,6-7,9H2,1-3H3. The lowest BCUT2D eigenvalue weighted by Gasteiger charge is -2.04. The molecule has 0 bridgehead atoms. The lowest BCUT2D eigenvalue weighted by molar-refractivity contribution is 0.197. The van der Waals surface area contributed by atoms with Crippen molar-refractivity contribution in [3.63, 3.8) is 0 Å². The molecule has 2 rings (SSSR count). The van der Waals surface area contributed by atoms with Crippen LogP contribution in [0.5, 0.6) is 5.75 Å². The number of methoxy groups -OCH3 is 2. The molecule has 1 heterocycles. The smallest absolute Gasteiger partial charge is 0.240 e. The minimum Gasteiger partial charge on any atom is -0.496 e. The van der Waals surface area contributed by atoms with Gasteiger partial charge in [-0.1, -0.05) is 5.16 Å². The van der Waals surface area contributed by atoms with E-state index in [1.807, 2.05) is 25.1 Å². The summed E-state index contributed by atoms with van der Waals surface area (Å²) >= 11 is 0. The second kappa shape index (κ2) is 7.02. The summed E-state index contributed by atoms with van der Waals surface area (Å²) in [7, 11) is 3.32. The summed E-state index contributed by atoms with van der Waals surface area (Å²) in [5.41, 5.74) is 1.95. The molecule has 2 aromatic rings. The van der Waals surface area contributed by atoms with E-state index in [9.17, 15) is 0 Å². The third-order valence-electron chi connectivity index (χ3n) is 2.88. The van der Waals surface area contributed by atoms with Crippen LogP contribution in [0.1, 0.15) is 11.5 Å². The van der Waals surface area contributed by atoms with Crippen molar-refractivity contribution in [2.24, 2.45) is 0 Å². The van der Waals surface area contributed by atoms with Crippen LogP contribution in [0.4, 0.5) is 0 Å². The highest BCUT2D eigenvalue weighted by atomic mass is 16.5. The van der Waals surface area contributed by atoms with E-state index in [1.165, 1.54) is 0 Å². The normalized spacial score (nSPS) is 10.8. The zero-order valence-electron chi connectivity index (χ0n) is 12.0. The molecular weight excluding hydrogens is 258 g/mol. The zero-order chi connectivity index (χ0) is 14.4. The van der Waals surface area contributed by atoms with Crippen molar-refractivity contribution in [1.29, 1.82) is 0 Å². The Balaban J connectivity index is 2.03. The molecule has 0 spiro atoms. The number of nitrogens with zero attached hydrogens (tertiary/aromatic N) is 2. The summed E-state index contributed by atoms with van der Waals surface area (Å²) in [5, 5.41) is 7.14. The first-order valence-corrected chi connectivity index (χ1v) is 6.42. The van der Waals surface area contributed by atoms with Gasteiger partial charge < -0.3 is 19.3 Å². The van der Waals surface area contributed by atoms with Crippen molar-refractivity contribution in [1.82, 2.24) is 15.5 Å². The van der Waals surface area contributed by atoms with E-state index in [4.69, 9.17) is 14.0 Å². The molecule has 1 aromatic carbocycles. The number of hydrogen-bond donors (Lipinski definition) is 1. The van der Waals surface area contributed by atoms with Crippen molar-refractivity contribution in [2.45, 2.75) is 13.5 Å². The van der Waals surface area contributed by atoms with Gasteiger partial charge in [0.05, 0.1) is 20.3 Å². The molecule has 0 aliphatic rings. The van der Waals surface area contributed by atoms with E-state index < -0.39 is 0 Å². The van der Waals surface area contributed by atoms with Crippen molar-refractivity contribution in [3.8, 4) is 17.1 Å². The van der Waals surface area contributed by atoms with Crippen LogP contribution in [0.2, 0.25) is 0 Å². The van der Waals surface area contributed by atoms with Gasteiger partial charge in [-0.2, -0.15) is 4.98 Å². The Morgan fingerprint density at radius 1 is 1.30 bits per heavy atom. The van der Waals surface area contributed by atoms with Crippen molar-refractivity contribution in [3.05, 3.63) is 29.7 Å². The van der Waals surface area contributed by atoms with Gasteiger partial charge in [0.1, 0.15) is 5.75 Å². The Hall–Kier alpha value is -1.92. The highest BCUT2D eigenvalue weighted by Gasteiger charge is 2.09. The third-order valence-corrected chi connectivity index (χ3v) is 2.88. The van der Waals surface area contributed by atoms with Gasteiger partial charge in [-0.3, -0.25) is 0 Å². The summed E-state index contributed by atoms with van der Waals surface area (Å²) in [6.45, 7) is 3.91. The van der Waals surface area contributed by atoms with Crippen LogP contribution in [0.15, 0.2) is 22.7 Å². The zero-order valence-corrected chi connectivity index (χ0v) is 12.0. The Kier molecular flexibility index (Phi) is 5.09. The summed E-state index contributed by atoms with van der Waals surface area (Å²) < 4.78 is 15.4. The van der Waals surface area contributed by atoms with Crippen LogP contribution >= 0.6 is 0 Å². The van der Waals surface area contributed by atoms with E-state index in [-0.39, 0.29) is 0 Å². The Morgan fingerprint density at radius 3 is 2.85 bits per heavy atom. The van der Waals surface area contributed by atoms with Gasteiger partial charge in [0.2, 0.25) is 11.7 Å². The fraction of sp³-hybridized carbons (Fsp3) is 0.429. The van der Waals surface area contributed by atoms with Gasteiger partial charge in [-0.05, 0) is 30.7 Å². The fourth-order valence-corrected chi connectivity index (χ4v) is 1.83. The lowest BCUT2D eigenvalue weighted by Crippen LogP contribution is -2.18. The van der Waals surface area contributed by atoms with E-state index in [1.54, 1.807) is 14.2 Å². The number of hydrogen-bond acceptors (Lipinski definition) is 6. The second-order valence-corrected chi connectivity index (χ2v) is 4.37. The molecule has 6 nitrogen and oxygen atoms in total. The number of rotatable bonds is 7. The highest BCUT2D eigenvalue weighted by Crippen LogP contribution is 2.24. The first-order chi connectivity index (χ1) is 9.74. The molecule has 1 N–H and O–H groups in total. The molecular formula is C14H19N3O3. The number of benzene rings is 1. The number of aromatic nitrogens is 2. The van der Waals surface area contributed by atoms with Gasteiger partial charge >= 0.3 is 0 Å². The average molecular weight is 277 g/mol. The first kappa shape index (κ1) is 14.5.